The van der Waals surface area contributed by atoms with E-state index < -0.39 is 11.6 Å². The van der Waals surface area contributed by atoms with E-state index >= 15 is 0 Å². The first-order valence-corrected chi connectivity index (χ1v) is 9.31. The van der Waals surface area contributed by atoms with Crippen molar-refractivity contribution in [3.63, 3.8) is 0 Å². The zero-order chi connectivity index (χ0) is 19.6. The van der Waals surface area contributed by atoms with Crippen LogP contribution >= 0.6 is 0 Å². The van der Waals surface area contributed by atoms with Crippen molar-refractivity contribution in [3.05, 3.63) is 23.8 Å². The smallest absolute Gasteiger partial charge is 0.341 e. The highest BCUT2D eigenvalue weighted by Gasteiger charge is 2.33. The maximum atomic E-state index is 12.8. The van der Waals surface area contributed by atoms with Gasteiger partial charge in [0.2, 0.25) is 0 Å². The summed E-state index contributed by atoms with van der Waals surface area (Å²) in [5.41, 5.74) is -0.116. The summed E-state index contributed by atoms with van der Waals surface area (Å²) in [4.78, 5) is 24.9. The molecule has 1 aromatic rings. The molecule has 0 aliphatic carbocycles. The van der Waals surface area contributed by atoms with Crippen LogP contribution in [0.1, 0.15) is 64.2 Å². The van der Waals surface area contributed by atoms with E-state index in [9.17, 15) is 9.59 Å². The maximum absolute atomic E-state index is 12.8. The van der Waals surface area contributed by atoms with Crippen LogP contribution in [0.2, 0.25) is 0 Å². The van der Waals surface area contributed by atoms with Crippen molar-refractivity contribution in [2.45, 2.75) is 59.5 Å². The Morgan fingerprint density at radius 2 is 1.81 bits per heavy atom. The first-order chi connectivity index (χ1) is 12.4. The number of ether oxygens (including phenoxy) is 3. The number of nitrogens with one attached hydrogen (secondary N) is 1. The quantitative estimate of drug-likeness (QED) is 0.595. The van der Waals surface area contributed by atoms with Crippen molar-refractivity contribution in [2.24, 2.45) is 0 Å². The lowest BCUT2D eigenvalue weighted by atomic mass is 9.98. The lowest BCUT2D eigenvalue weighted by Gasteiger charge is -2.28. The summed E-state index contributed by atoms with van der Waals surface area (Å²) in [6.45, 7) is 10.6. The average molecular weight is 365 g/mol. The Kier molecular flexibility index (Phi) is 9.13. The molecule has 1 atom stereocenters. The zero-order valence-corrected chi connectivity index (χ0v) is 16.5. The van der Waals surface area contributed by atoms with E-state index in [1.807, 2.05) is 20.8 Å². The third-order valence-electron chi connectivity index (χ3n) is 3.86. The number of hydrogen-bond donors (Lipinski definition) is 1. The van der Waals surface area contributed by atoms with Crippen LogP contribution in [0.5, 0.6) is 5.75 Å². The molecule has 1 N–H and O–H groups in total. The number of hydrogen-bond acceptors (Lipinski definition) is 5. The highest BCUT2D eigenvalue weighted by atomic mass is 16.5. The highest BCUT2D eigenvalue weighted by Crippen LogP contribution is 2.26. The predicted octanol–water partition coefficient (Wildman–Crippen LogP) is 4.19. The van der Waals surface area contributed by atoms with E-state index in [0.717, 1.165) is 12.8 Å². The van der Waals surface area contributed by atoms with E-state index in [1.165, 1.54) is 0 Å². The fourth-order valence-corrected chi connectivity index (χ4v) is 2.58. The number of rotatable bonds is 11. The molecule has 0 fully saturated rings. The van der Waals surface area contributed by atoms with Gasteiger partial charge in [-0.15, -0.1) is 0 Å². The average Bonchev–Trinajstić information content (AvgIpc) is 2.61. The van der Waals surface area contributed by atoms with Gasteiger partial charge in [0.15, 0.2) is 0 Å². The molecule has 146 valence electrons. The largest absolute Gasteiger partial charge is 0.493 e. The minimum Gasteiger partial charge on any atom is -0.493 e. The number of esters is 1. The molecule has 1 aromatic carbocycles. The third-order valence-corrected chi connectivity index (χ3v) is 3.86. The molecule has 0 heterocycles. The first-order valence-electron chi connectivity index (χ1n) is 9.31. The predicted molar refractivity (Wildman–Crippen MR) is 102 cm³/mol. The van der Waals surface area contributed by atoms with Gasteiger partial charge >= 0.3 is 5.97 Å². The standard InChI is InChI=1S/C20H31NO5/c1-6-12-20(5,26-13-7-2)19(23)21-15-10-11-17(24-8-3)16(14-15)18(22)25-9-4/h10-11,14H,6-9,12-13H2,1-5H3,(H,21,23)/t20-/m0/s1. The van der Waals surface area contributed by atoms with Crippen LogP contribution in [0.3, 0.4) is 0 Å². The third kappa shape index (κ3) is 6.02. The van der Waals surface area contributed by atoms with Crippen LogP contribution in [-0.4, -0.2) is 37.3 Å². The van der Waals surface area contributed by atoms with E-state index in [1.54, 1.807) is 32.0 Å². The Bertz CT molecular complexity index is 602. The van der Waals surface area contributed by atoms with Crippen molar-refractivity contribution >= 4 is 17.6 Å². The van der Waals surface area contributed by atoms with Crippen LogP contribution in [0.25, 0.3) is 0 Å². The summed E-state index contributed by atoms with van der Waals surface area (Å²) in [6.07, 6.45) is 2.27. The summed E-state index contributed by atoms with van der Waals surface area (Å²) in [5, 5.41) is 2.86. The van der Waals surface area contributed by atoms with Crippen LogP contribution < -0.4 is 10.1 Å². The molecule has 0 radical (unpaired) electrons. The number of anilines is 1. The van der Waals surface area contributed by atoms with Gasteiger partial charge < -0.3 is 19.5 Å². The van der Waals surface area contributed by atoms with Gasteiger partial charge in [-0.1, -0.05) is 20.3 Å². The number of benzene rings is 1. The van der Waals surface area contributed by atoms with Crippen LogP contribution in [-0.2, 0) is 14.3 Å². The molecule has 26 heavy (non-hydrogen) atoms. The molecule has 1 rings (SSSR count). The van der Waals surface area contributed by atoms with Crippen molar-refractivity contribution in [1.82, 2.24) is 0 Å². The molecule has 1 amide bonds. The Morgan fingerprint density at radius 1 is 1.08 bits per heavy atom. The van der Waals surface area contributed by atoms with Gasteiger partial charge in [0.05, 0.1) is 13.2 Å². The maximum Gasteiger partial charge on any atom is 0.341 e. The summed E-state index contributed by atoms with van der Waals surface area (Å²) in [5.74, 6) is -0.278. The van der Waals surface area contributed by atoms with Crippen molar-refractivity contribution in [2.75, 3.05) is 25.1 Å². The molecular formula is C20H31NO5. The fourth-order valence-electron chi connectivity index (χ4n) is 2.58. The van der Waals surface area contributed by atoms with Crippen molar-refractivity contribution < 1.29 is 23.8 Å². The minimum atomic E-state index is -0.909. The fraction of sp³-hybridized carbons (Fsp3) is 0.600. The monoisotopic (exact) mass is 365 g/mol. The van der Waals surface area contributed by atoms with Crippen LogP contribution in [0.4, 0.5) is 5.69 Å². The SMILES string of the molecule is CCCO[C@@](C)(CCC)C(=O)Nc1ccc(OCC)c(C(=O)OCC)c1. The second-order valence-electron chi connectivity index (χ2n) is 6.15. The minimum absolute atomic E-state index is 0.230. The van der Waals surface area contributed by atoms with Crippen LogP contribution in [0.15, 0.2) is 18.2 Å². The summed E-state index contributed by atoms with van der Waals surface area (Å²) < 4.78 is 16.4. The number of carbonyl (C=O) groups excluding carboxylic acids is 2. The molecule has 6 nitrogen and oxygen atoms in total. The zero-order valence-electron chi connectivity index (χ0n) is 16.5. The molecule has 6 heteroatoms. The molecule has 0 aliphatic heterocycles. The lowest BCUT2D eigenvalue weighted by Crippen LogP contribution is -2.43. The lowest BCUT2D eigenvalue weighted by molar-refractivity contribution is -0.140. The molecule has 0 unspecified atom stereocenters. The Labute approximate surface area is 156 Å². The topological polar surface area (TPSA) is 73.9 Å². The summed E-state index contributed by atoms with van der Waals surface area (Å²) in [6, 6.07) is 4.94. The molecule has 0 saturated carbocycles. The normalized spacial score (nSPS) is 13.0. The number of amides is 1. The van der Waals surface area contributed by atoms with Gasteiger partial charge in [-0.3, -0.25) is 4.79 Å². The Balaban J connectivity index is 3.05. The van der Waals surface area contributed by atoms with E-state index in [0.29, 0.717) is 31.1 Å². The van der Waals surface area contributed by atoms with Crippen LogP contribution in [0, 0.1) is 0 Å². The molecule has 0 bridgehead atoms. The molecule has 0 saturated heterocycles. The summed E-state index contributed by atoms with van der Waals surface area (Å²) >= 11 is 0. The van der Waals surface area contributed by atoms with Gasteiger partial charge in [0.1, 0.15) is 16.9 Å². The highest BCUT2D eigenvalue weighted by molar-refractivity contribution is 5.99. The molecular weight excluding hydrogens is 334 g/mol. The van der Waals surface area contributed by atoms with E-state index in [-0.39, 0.29) is 18.1 Å². The van der Waals surface area contributed by atoms with Gasteiger partial charge in [0.25, 0.3) is 5.91 Å². The van der Waals surface area contributed by atoms with Gasteiger partial charge in [-0.05, 0) is 51.8 Å². The number of carbonyl (C=O) groups is 2. The molecule has 0 aliphatic rings. The van der Waals surface area contributed by atoms with E-state index in [4.69, 9.17) is 14.2 Å². The Morgan fingerprint density at radius 3 is 2.38 bits per heavy atom. The molecule has 0 spiro atoms. The van der Waals surface area contributed by atoms with Gasteiger partial charge in [0, 0.05) is 12.3 Å². The molecule has 0 aromatic heterocycles. The van der Waals surface area contributed by atoms with Crippen molar-refractivity contribution in [3.8, 4) is 5.75 Å². The first kappa shape index (κ1) is 22.0. The van der Waals surface area contributed by atoms with E-state index in [2.05, 4.69) is 5.32 Å². The summed E-state index contributed by atoms with van der Waals surface area (Å²) in [7, 11) is 0. The van der Waals surface area contributed by atoms with Gasteiger partial charge in [-0.2, -0.15) is 0 Å². The van der Waals surface area contributed by atoms with Gasteiger partial charge in [-0.25, -0.2) is 4.79 Å². The second-order valence-corrected chi connectivity index (χ2v) is 6.15. The van der Waals surface area contributed by atoms with Crippen molar-refractivity contribution in [1.29, 1.82) is 0 Å². The second kappa shape index (κ2) is 10.8. The Hall–Kier alpha value is -2.08.